The van der Waals surface area contributed by atoms with E-state index in [1.54, 1.807) is 0 Å². The van der Waals surface area contributed by atoms with Crippen LogP contribution in [0.3, 0.4) is 0 Å². The van der Waals surface area contributed by atoms with Crippen LogP contribution in [0.4, 0.5) is 10.1 Å². The van der Waals surface area contributed by atoms with E-state index in [0.29, 0.717) is 0 Å². The first-order valence-electron chi connectivity index (χ1n) is 7.48. The summed E-state index contributed by atoms with van der Waals surface area (Å²) in [6.45, 7) is 3.73. The highest BCUT2D eigenvalue weighted by Crippen LogP contribution is 2.18. The fourth-order valence-corrected chi connectivity index (χ4v) is 2.08. The molecule has 136 valence electrons. The molecule has 0 fully saturated rings. The standard InChI is InChI=1S/C16H20FN3O5/c1-9(16(24)25)20(7-6-18-10(2)21)15(23)13-8-12(19-11(3)22)4-5-14(13)17/h4-5,8-9H,6-7H2,1-3H3,(H,18,21)(H,19,22)(H,24,25). The zero-order valence-electron chi connectivity index (χ0n) is 14.1. The van der Waals surface area contributed by atoms with E-state index in [2.05, 4.69) is 10.6 Å². The molecule has 0 aromatic heterocycles. The number of carbonyl (C=O) groups excluding carboxylic acids is 3. The molecule has 0 aliphatic rings. The van der Waals surface area contributed by atoms with Crippen LogP contribution >= 0.6 is 0 Å². The van der Waals surface area contributed by atoms with Gasteiger partial charge in [0.2, 0.25) is 11.8 Å². The molecule has 1 rings (SSSR count). The topological polar surface area (TPSA) is 116 Å². The molecule has 0 radical (unpaired) electrons. The fraction of sp³-hybridized carbons (Fsp3) is 0.375. The Morgan fingerprint density at radius 1 is 1.20 bits per heavy atom. The Kier molecular flexibility index (Phi) is 7.04. The normalized spacial score (nSPS) is 11.4. The van der Waals surface area contributed by atoms with E-state index in [1.165, 1.54) is 26.8 Å². The van der Waals surface area contributed by atoms with Gasteiger partial charge in [0.1, 0.15) is 11.9 Å². The molecular formula is C16H20FN3O5. The Morgan fingerprint density at radius 2 is 1.84 bits per heavy atom. The number of rotatable bonds is 7. The van der Waals surface area contributed by atoms with Crippen molar-refractivity contribution in [3.63, 3.8) is 0 Å². The summed E-state index contributed by atoms with van der Waals surface area (Å²) in [5.41, 5.74) is -0.163. The van der Waals surface area contributed by atoms with Gasteiger partial charge in [-0.15, -0.1) is 0 Å². The van der Waals surface area contributed by atoms with Gasteiger partial charge in [0.25, 0.3) is 5.91 Å². The van der Waals surface area contributed by atoms with E-state index in [0.717, 1.165) is 17.0 Å². The summed E-state index contributed by atoms with van der Waals surface area (Å²) >= 11 is 0. The van der Waals surface area contributed by atoms with Gasteiger partial charge in [-0.2, -0.15) is 0 Å². The molecule has 25 heavy (non-hydrogen) atoms. The van der Waals surface area contributed by atoms with Crippen LogP contribution in [0.1, 0.15) is 31.1 Å². The van der Waals surface area contributed by atoms with Crippen LogP contribution in [0, 0.1) is 5.82 Å². The molecule has 1 aromatic rings. The van der Waals surface area contributed by atoms with Crippen molar-refractivity contribution in [2.75, 3.05) is 18.4 Å². The highest BCUT2D eigenvalue weighted by molar-refractivity contribution is 5.98. The molecular weight excluding hydrogens is 333 g/mol. The Hall–Kier alpha value is -2.97. The second-order valence-corrected chi connectivity index (χ2v) is 5.37. The number of amides is 3. The monoisotopic (exact) mass is 353 g/mol. The van der Waals surface area contributed by atoms with Crippen molar-refractivity contribution < 1.29 is 28.7 Å². The van der Waals surface area contributed by atoms with Crippen molar-refractivity contribution >= 4 is 29.4 Å². The van der Waals surface area contributed by atoms with Crippen molar-refractivity contribution in [1.29, 1.82) is 0 Å². The summed E-state index contributed by atoms with van der Waals surface area (Å²) in [5, 5.41) is 14.0. The van der Waals surface area contributed by atoms with Crippen LogP contribution in [-0.2, 0) is 14.4 Å². The van der Waals surface area contributed by atoms with E-state index in [1.807, 2.05) is 0 Å². The van der Waals surface area contributed by atoms with E-state index in [-0.39, 0.29) is 30.2 Å². The molecule has 1 atom stereocenters. The molecule has 1 unspecified atom stereocenters. The smallest absolute Gasteiger partial charge is 0.326 e. The van der Waals surface area contributed by atoms with Gasteiger partial charge >= 0.3 is 5.97 Å². The number of hydrogen-bond acceptors (Lipinski definition) is 4. The number of halogens is 1. The van der Waals surface area contributed by atoms with Crippen molar-refractivity contribution in [1.82, 2.24) is 10.2 Å². The number of carboxylic acid groups (broad SMARTS) is 1. The van der Waals surface area contributed by atoms with Gasteiger partial charge in [-0.25, -0.2) is 9.18 Å². The first kappa shape index (κ1) is 20.1. The number of anilines is 1. The van der Waals surface area contributed by atoms with Gasteiger partial charge in [0, 0.05) is 32.6 Å². The largest absolute Gasteiger partial charge is 0.480 e. The van der Waals surface area contributed by atoms with E-state index in [4.69, 9.17) is 5.11 Å². The van der Waals surface area contributed by atoms with Crippen molar-refractivity contribution in [2.24, 2.45) is 0 Å². The van der Waals surface area contributed by atoms with E-state index >= 15 is 0 Å². The Bertz CT molecular complexity index is 692. The van der Waals surface area contributed by atoms with Crippen LogP contribution < -0.4 is 10.6 Å². The molecule has 3 N–H and O–H groups in total. The summed E-state index contributed by atoms with van der Waals surface area (Å²) in [4.78, 5) is 46.8. The van der Waals surface area contributed by atoms with Crippen LogP contribution in [0.5, 0.6) is 0 Å². The zero-order chi connectivity index (χ0) is 19.1. The quantitative estimate of drug-likeness (QED) is 0.672. The van der Waals surface area contributed by atoms with Gasteiger partial charge < -0.3 is 20.6 Å². The third-order valence-corrected chi connectivity index (χ3v) is 3.33. The van der Waals surface area contributed by atoms with Crippen molar-refractivity contribution in [3.8, 4) is 0 Å². The molecule has 0 aliphatic heterocycles. The molecule has 1 aromatic carbocycles. The second-order valence-electron chi connectivity index (χ2n) is 5.37. The van der Waals surface area contributed by atoms with Gasteiger partial charge in [-0.05, 0) is 25.1 Å². The molecule has 0 saturated heterocycles. The van der Waals surface area contributed by atoms with Crippen LogP contribution in [-0.4, -0.2) is 52.8 Å². The zero-order valence-corrected chi connectivity index (χ0v) is 14.1. The lowest BCUT2D eigenvalue weighted by Gasteiger charge is -2.27. The minimum Gasteiger partial charge on any atom is -0.480 e. The van der Waals surface area contributed by atoms with Gasteiger partial charge in [0.05, 0.1) is 5.56 Å². The van der Waals surface area contributed by atoms with Crippen molar-refractivity contribution in [2.45, 2.75) is 26.8 Å². The first-order valence-corrected chi connectivity index (χ1v) is 7.48. The summed E-state index contributed by atoms with van der Waals surface area (Å²) in [5.74, 6) is -3.71. The molecule has 0 saturated carbocycles. The number of nitrogens with zero attached hydrogens (tertiary/aromatic N) is 1. The molecule has 0 bridgehead atoms. The van der Waals surface area contributed by atoms with Crippen LogP contribution in [0.25, 0.3) is 0 Å². The molecule has 8 nitrogen and oxygen atoms in total. The minimum absolute atomic E-state index is 0.0195. The lowest BCUT2D eigenvalue weighted by Crippen LogP contribution is -2.47. The summed E-state index contributed by atoms with van der Waals surface area (Å²) < 4.78 is 14.1. The summed E-state index contributed by atoms with van der Waals surface area (Å²) in [6.07, 6.45) is 0. The average molecular weight is 353 g/mol. The van der Waals surface area contributed by atoms with E-state index < -0.39 is 29.6 Å². The lowest BCUT2D eigenvalue weighted by molar-refractivity contribution is -0.141. The maximum absolute atomic E-state index is 14.1. The fourth-order valence-electron chi connectivity index (χ4n) is 2.08. The Morgan fingerprint density at radius 3 is 2.36 bits per heavy atom. The van der Waals surface area contributed by atoms with Crippen LogP contribution in [0.15, 0.2) is 18.2 Å². The predicted octanol–water partition coefficient (Wildman–Crippen LogP) is 0.835. The predicted molar refractivity (Wildman–Crippen MR) is 87.5 cm³/mol. The SMILES string of the molecule is CC(=O)NCCN(C(=O)c1cc(NC(C)=O)ccc1F)C(C)C(=O)O. The molecule has 0 spiro atoms. The maximum Gasteiger partial charge on any atom is 0.326 e. The third-order valence-electron chi connectivity index (χ3n) is 3.33. The molecule has 3 amide bonds. The number of benzene rings is 1. The molecule has 0 heterocycles. The number of carboxylic acids is 1. The second kappa shape index (κ2) is 8.76. The number of nitrogens with one attached hydrogen (secondary N) is 2. The maximum atomic E-state index is 14.1. The van der Waals surface area contributed by atoms with Gasteiger partial charge in [-0.1, -0.05) is 0 Å². The third kappa shape index (κ3) is 5.87. The number of carbonyl (C=O) groups is 4. The molecule has 9 heteroatoms. The highest BCUT2D eigenvalue weighted by Gasteiger charge is 2.28. The summed E-state index contributed by atoms with van der Waals surface area (Å²) in [6, 6.07) is 2.20. The van der Waals surface area contributed by atoms with E-state index in [9.17, 15) is 23.6 Å². The Labute approximate surface area is 144 Å². The summed E-state index contributed by atoms with van der Waals surface area (Å²) in [7, 11) is 0. The first-order chi connectivity index (χ1) is 11.6. The van der Waals surface area contributed by atoms with Crippen molar-refractivity contribution in [3.05, 3.63) is 29.6 Å². The van der Waals surface area contributed by atoms with Gasteiger partial charge in [0.15, 0.2) is 0 Å². The lowest BCUT2D eigenvalue weighted by atomic mass is 10.1. The highest BCUT2D eigenvalue weighted by atomic mass is 19.1. The molecule has 0 aliphatic carbocycles. The average Bonchev–Trinajstić information content (AvgIpc) is 2.51. The minimum atomic E-state index is -1.27. The number of hydrogen-bond donors (Lipinski definition) is 3. The Balaban J connectivity index is 3.12. The van der Waals surface area contributed by atoms with Crippen LogP contribution in [0.2, 0.25) is 0 Å². The number of aliphatic carboxylic acids is 1. The van der Waals surface area contributed by atoms with Gasteiger partial charge in [-0.3, -0.25) is 14.4 Å².